The number of nitrogens with zero attached hydrogens (tertiary/aromatic N) is 2. The highest BCUT2D eigenvalue weighted by molar-refractivity contribution is 14.0. The zero-order chi connectivity index (χ0) is 16.6. The van der Waals surface area contributed by atoms with Gasteiger partial charge in [-0.3, -0.25) is 4.99 Å². The molecule has 0 amide bonds. The van der Waals surface area contributed by atoms with Crippen LogP contribution < -0.4 is 15.4 Å². The maximum absolute atomic E-state index is 11.0. The van der Waals surface area contributed by atoms with Gasteiger partial charge in [-0.25, -0.2) is 18.1 Å². The molecule has 3 N–H and O–H groups in total. The van der Waals surface area contributed by atoms with Gasteiger partial charge in [0.1, 0.15) is 0 Å². The van der Waals surface area contributed by atoms with Crippen LogP contribution in [0.2, 0.25) is 0 Å². The fourth-order valence-electron chi connectivity index (χ4n) is 1.67. The Balaban J connectivity index is 0.00000484. The van der Waals surface area contributed by atoms with Gasteiger partial charge in [-0.15, -0.1) is 35.3 Å². The third-order valence-corrected chi connectivity index (χ3v) is 4.66. The molecule has 0 bridgehead atoms. The Morgan fingerprint density at radius 2 is 1.96 bits per heavy atom. The van der Waals surface area contributed by atoms with Crippen molar-refractivity contribution in [2.75, 3.05) is 32.4 Å². The number of guanidine groups is 1. The fraction of sp³-hybridized carbons (Fsp3) is 0.692. The summed E-state index contributed by atoms with van der Waals surface area (Å²) in [7, 11) is -3.16. The van der Waals surface area contributed by atoms with Crippen LogP contribution in [0.4, 0.5) is 0 Å². The second-order valence-corrected chi connectivity index (χ2v) is 7.97. The number of aliphatic imine (C=N–C) groups is 1. The van der Waals surface area contributed by atoms with Crippen molar-refractivity contribution >= 4 is 51.3 Å². The molecule has 0 spiro atoms. The summed E-state index contributed by atoms with van der Waals surface area (Å²) < 4.78 is 24.3. The van der Waals surface area contributed by atoms with Gasteiger partial charge in [0.05, 0.1) is 23.5 Å². The molecular formula is C13H26IN5O2S2. The second-order valence-electron chi connectivity index (χ2n) is 4.85. The molecule has 1 aromatic rings. The van der Waals surface area contributed by atoms with Crippen LogP contribution in [0, 0.1) is 13.8 Å². The van der Waals surface area contributed by atoms with E-state index in [-0.39, 0.29) is 24.0 Å². The maximum Gasteiger partial charge on any atom is 0.208 e. The molecule has 0 aliphatic carbocycles. The van der Waals surface area contributed by atoms with Crippen LogP contribution in [0.5, 0.6) is 0 Å². The minimum absolute atomic E-state index is 0. The molecule has 0 unspecified atom stereocenters. The van der Waals surface area contributed by atoms with Gasteiger partial charge in [-0.05, 0) is 20.8 Å². The van der Waals surface area contributed by atoms with Crippen LogP contribution >= 0.6 is 35.3 Å². The minimum Gasteiger partial charge on any atom is -0.357 e. The summed E-state index contributed by atoms with van der Waals surface area (Å²) in [4.78, 5) is 10.1. The zero-order valence-electron chi connectivity index (χ0n) is 14.0. The molecule has 7 nitrogen and oxygen atoms in total. The minimum atomic E-state index is -3.16. The first-order valence-corrected chi connectivity index (χ1v) is 9.92. The maximum atomic E-state index is 11.0. The van der Waals surface area contributed by atoms with E-state index in [4.69, 9.17) is 0 Å². The van der Waals surface area contributed by atoms with E-state index in [1.807, 2.05) is 13.8 Å². The molecule has 10 heteroatoms. The van der Waals surface area contributed by atoms with Gasteiger partial charge in [0.15, 0.2) is 5.96 Å². The van der Waals surface area contributed by atoms with Gasteiger partial charge in [0.25, 0.3) is 0 Å². The predicted octanol–water partition coefficient (Wildman–Crippen LogP) is 1.02. The topological polar surface area (TPSA) is 95.5 Å². The standard InChI is InChI=1S/C13H25N5O2S2.HI/c1-5-14-13(16-8-9-17-22(4,19)20)15-7-6-12-18-10(2)11(3)21-12;/h17H,5-9H2,1-4H3,(H2,14,15,16);1H. The van der Waals surface area contributed by atoms with Crippen molar-refractivity contribution < 1.29 is 8.42 Å². The average Bonchev–Trinajstić information content (AvgIpc) is 2.72. The van der Waals surface area contributed by atoms with E-state index in [2.05, 4.69) is 32.3 Å². The summed E-state index contributed by atoms with van der Waals surface area (Å²) in [6.45, 7) is 8.24. The lowest BCUT2D eigenvalue weighted by atomic mass is 10.4. The van der Waals surface area contributed by atoms with E-state index in [0.29, 0.717) is 19.0 Å². The van der Waals surface area contributed by atoms with E-state index in [0.717, 1.165) is 36.5 Å². The highest BCUT2D eigenvalue weighted by Crippen LogP contribution is 2.16. The quantitative estimate of drug-likeness (QED) is 0.226. The molecule has 0 atom stereocenters. The van der Waals surface area contributed by atoms with Crippen molar-refractivity contribution in [3.63, 3.8) is 0 Å². The molecule has 0 aromatic carbocycles. The Kier molecular flexibility index (Phi) is 10.9. The van der Waals surface area contributed by atoms with Crippen LogP contribution in [-0.2, 0) is 16.4 Å². The zero-order valence-corrected chi connectivity index (χ0v) is 17.9. The molecule has 0 aliphatic rings. The number of sulfonamides is 1. The molecular weight excluding hydrogens is 449 g/mol. The van der Waals surface area contributed by atoms with E-state index in [1.165, 1.54) is 4.88 Å². The normalized spacial score (nSPS) is 11.9. The Labute approximate surface area is 159 Å². The number of aryl methyl sites for hydroxylation is 2. The van der Waals surface area contributed by atoms with Gasteiger partial charge in [0, 0.05) is 30.9 Å². The Hall–Kier alpha value is -0.460. The number of hydrogen-bond donors (Lipinski definition) is 3. The molecule has 0 aliphatic heterocycles. The predicted molar refractivity (Wildman–Crippen MR) is 108 cm³/mol. The van der Waals surface area contributed by atoms with E-state index >= 15 is 0 Å². The van der Waals surface area contributed by atoms with Crippen LogP contribution in [-0.4, -0.2) is 51.8 Å². The number of thiazole rings is 1. The van der Waals surface area contributed by atoms with Crippen molar-refractivity contribution in [2.45, 2.75) is 27.2 Å². The average molecular weight is 475 g/mol. The number of rotatable bonds is 8. The van der Waals surface area contributed by atoms with Gasteiger partial charge >= 0.3 is 0 Å². The first-order valence-electron chi connectivity index (χ1n) is 7.21. The molecule has 1 heterocycles. The summed E-state index contributed by atoms with van der Waals surface area (Å²) in [5, 5.41) is 7.46. The smallest absolute Gasteiger partial charge is 0.208 e. The van der Waals surface area contributed by atoms with E-state index in [9.17, 15) is 8.42 Å². The van der Waals surface area contributed by atoms with Crippen LogP contribution in [0.25, 0.3) is 0 Å². The van der Waals surface area contributed by atoms with Gasteiger partial charge in [-0.1, -0.05) is 0 Å². The Morgan fingerprint density at radius 1 is 1.26 bits per heavy atom. The number of halogens is 1. The van der Waals surface area contributed by atoms with Crippen LogP contribution in [0.3, 0.4) is 0 Å². The van der Waals surface area contributed by atoms with Crippen molar-refractivity contribution in [3.05, 3.63) is 15.6 Å². The first-order chi connectivity index (χ1) is 10.3. The van der Waals surface area contributed by atoms with Crippen molar-refractivity contribution in [2.24, 2.45) is 4.99 Å². The lowest BCUT2D eigenvalue weighted by molar-refractivity contribution is 0.588. The highest BCUT2D eigenvalue weighted by atomic mass is 127. The Morgan fingerprint density at radius 3 is 2.48 bits per heavy atom. The van der Waals surface area contributed by atoms with E-state index in [1.54, 1.807) is 11.3 Å². The molecule has 1 rings (SSSR count). The number of aromatic nitrogens is 1. The molecule has 134 valence electrons. The van der Waals surface area contributed by atoms with Gasteiger partial charge in [0.2, 0.25) is 10.0 Å². The van der Waals surface area contributed by atoms with Gasteiger partial charge < -0.3 is 10.6 Å². The highest BCUT2D eigenvalue weighted by Gasteiger charge is 2.04. The summed E-state index contributed by atoms with van der Waals surface area (Å²) in [6, 6.07) is 0. The third kappa shape index (κ3) is 10.1. The monoisotopic (exact) mass is 475 g/mol. The second kappa shape index (κ2) is 11.2. The number of hydrogen-bond acceptors (Lipinski definition) is 5. The SMILES string of the molecule is CCNC(=NCCNS(C)(=O)=O)NCCc1nc(C)c(C)s1.I. The Bertz CT molecular complexity index is 582. The van der Waals surface area contributed by atoms with Gasteiger partial charge in [-0.2, -0.15) is 0 Å². The third-order valence-electron chi connectivity index (χ3n) is 2.79. The van der Waals surface area contributed by atoms with Crippen molar-refractivity contribution in [3.8, 4) is 0 Å². The molecule has 23 heavy (non-hydrogen) atoms. The molecule has 0 radical (unpaired) electrons. The summed E-state index contributed by atoms with van der Waals surface area (Å²) in [6.07, 6.45) is 1.98. The molecule has 0 fully saturated rings. The number of nitrogens with one attached hydrogen (secondary N) is 3. The summed E-state index contributed by atoms with van der Waals surface area (Å²) >= 11 is 1.72. The lowest BCUT2D eigenvalue weighted by Gasteiger charge is -2.10. The fourth-order valence-corrected chi connectivity index (χ4v) is 3.07. The largest absolute Gasteiger partial charge is 0.357 e. The van der Waals surface area contributed by atoms with Crippen molar-refractivity contribution in [1.29, 1.82) is 0 Å². The summed E-state index contributed by atoms with van der Waals surface area (Å²) in [5.74, 6) is 0.683. The van der Waals surface area contributed by atoms with Crippen molar-refractivity contribution in [1.82, 2.24) is 20.3 Å². The van der Waals surface area contributed by atoms with Crippen LogP contribution in [0.15, 0.2) is 4.99 Å². The molecule has 0 saturated carbocycles. The molecule has 0 saturated heterocycles. The van der Waals surface area contributed by atoms with E-state index < -0.39 is 10.0 Å². The van der Waals surface area contributed by atoms with Crippen LogP contribution in [0.1, 0.15) is 22.5 Å². The summed E-state index contributed by atoms with van der Waals surface area (Å²) in [5.41, 5.74) is 1.09. The lowest BCUT2D eigenvalue weighted by Crippen LogP contribution is -2.39. The first kappa shape index (κ1) is 22.5. The molecule has 1 aromatic heterocycles.